The van der Waals surface area contributed by atoms with Gasteiger partial charge in [-0.1, -0.05) is 6.07 Å². The van der Waals surface area contributed by atoms with Crippen LogP contribution in [0.3, 0.4) is 0 Å². The van der Waals surface area contributed by atoms with E-state index in [1.54, 1.807) is 37.5 Å². The highest BCUT2D eigenvalue weighted by atomic mass is 19.4. The van der Waals surface area contributed by atoms with Crippen molar-refractivity contribution in [3.8, 4) is 0 Å². The summed E-state index contributed by atoms with van der Waals surface area (Å²) < 4.78 is 95.8. The zero-order valence-corrected chi connectivity index (χ0v) is 23.6. The van der Waals surface area contributed by atoms with E-state index in [4.69, 9.17) is 0 Å². The normalized spacial score (nSPS) is 19.3. The van der Waals surface area contributed by atoms with Gasteiger partial charge in [0.05, 0.1) is 28.8 Å². The highest BCUT2D eigenvalue weighted by molar-refractivity contribution is 5.94. The Morgan fingerprint density at radius 3 is 2.09 bits per heavy atom. The van der Waals surface area contributed by atoms with Gasteiger partial charge in [0, 0.05) is 37.1 Å². The largest absolute Gasteiger partial charge is 0.416 e. The molecule has 1 N–H and O–H groups in total. The fraction of sp³-hybridized carbons (Fsp3) is 0.323. The minimum Gasteiger partial charge on any atom is -0.393 e. The summed E-state index contributed by atoms with van der Waals surface area (Å²) in [6.07, 6.45) is -4.12. The fourth-order valence-electron chi connectivity index (χ4n) is 5.23. The number of hydrogen-bond donors (Lipinski definition) is 1. The molecule has 0 saturated carbocycles. The van der Waals surface area contributed by atoms with Crippen molar-refractivity contribution in [1.29, 1.82) is 0 Å². The van der Waals surface area contributed by atoms with Crippen LogP contribution in [0.2, 0.25) is 0 Å². The van der Waals surface area contributed by atoms with E-state index >= 15 is 0 Å². The molecule has 0 fully saturated rings. The molecule has 2 heterocycles. The first kappa shape index (κ1) is 31.9. The van der Waals surface area contributed by atoms with Crippen LogP contribution in [-0.2, 0) is 22.6 Å². The molecule has 0 bridgehead atoms. The van der Waals surface area contributed by atoms with Crippen molar-refractivity contribution in [2.45, 2.75) is 50.0 Å². The standard InChI is InChI=1S/C31H28F7N3O2/c1-18-10-23(32)7-8-24(18)25-14-26(19-6-5-9-39-15-19)40-16-29(25,17-42)41(4)27(43)28(2,3)20-11-21(30(33,34)35)13-22(12-20)31(36,37)38/h5-16,25,42H,17H2,1-4H3. The predicted octanol–water partition coefficient (Wildman–Crippen LogP) is 6.94. The summed E-state index contributed by atoms with van der Waals surface area (Å²) in [5.41, 5.74) is -5.19. The van der Waals surface area contributed by atoms with Crippen LogP contribution >= 0.6 is 0 Å². The van der Waals surface area contributed by atoms with E-state index < -0.39 is 64.2 Å². The molecule has 3 aromatic rings. The van der Waals surface area contributed by atoms with Gasteiger partial charge in [-0.15, -0.1) is 0 Å². The first-order valence-electron chi connectivity index (χ1n) is 13.0. The topological polar surface area (TPSA) is 65.8 Å². The van der Waals surface area contributed by atoms with Gasteiger partial charge < -0.3 is 10.0 Å². The summed E-state index contributed by atoms with van der Waals surface area (Å²) in [5, 5.41) is 10.8. The number of halogens is 7. The molecule has 4 rings (SSSR count). The second kappa shape index (κ2) is 11.2. The lowest BCUT2D eigenvalue weighted by Gasteiger charge is -2.47. The Morgan fingerprint density at radius 1 is 0.977 bits per heavy atom. The second-order valence-electron chi connectivity index (χ2n) is 11.0. The minimum absolute atomic E-state index is 0.00508. The van der Waals surface area contributed by atoms with E-state index in [1.807, 2.05) is 0 Å². The predicted molar refractivity (Wildman–Crippen MR) is 147 cm³/mol. The molecule has 0 radical (unpaired) electrons. The number of amides is 1. The van der Waals surface area contributed by atoms with Crippen LogP contribution in [0.1, 0.15) is 53.1 Å². The molecule has 2 unspecified atom stereocenters. The van der Waals surface area contributed by atoms with Crippen LogP contribution in [0.15, 0.2) is 72.0 Å². The van der Waals surface area contributed by atoms with Gasteiger partial charge >= 0.3 is 12.4 Å². The van der Waals surface area contributed by atoms with Crippen LogP contribution < -0.4 is 0 Å². The zero-order chi connectivity index (χ0) is 32.0. The summed E-state index contributed by atoms with van der Waals surface area (Å²) in [5.74, 6) is -2.27. The molecule has 228 valence electrons. The van der Waals surface area contributed by atoms with Crippen LogP contribution in [0.5, 0.6) is 0 Å². The Kier molecular flexibility index (Phi) is 8.31. The van der Waals surface area contributed by atoms with Crippen molar-refractivity contribution < 1.29 is 40.6 Å². The highest BCUT2D eigenvalue weighted by Gasteiger charge is 2.49. The van der Waals surface area contributed by atoms with E-state index in [0.29, 0.717) is 34.5 Å². The van der Waals surface area contributed by atoms with Gasteiger partial charge in [-0.3, -0.25) is 14.8 Å². The molecule has 0 spiro atoms. The third-order valence-corrected chi connectivity index (χ3v) is 7.84. The molecule has 1 amide bonds. The minimum atomic E-state index is -5.11. The summed E-state index contributed by atoms with van der Waals surface area (Å²) >= 11 is 0. The molecule has 1 aromatic heterocycles. The van der Waals surface area contributed by atoms with Crippen molar-refractivity contribution in [1.82, 2.24) is 9.88 Å². The summed E-state index contributed by atoms with van der Waals surface area (Å²) in [4.78, 5) is 23.7. The lowest BCUT2D eigenvalue weighted by molar-refractivity contribution is -0.144. The van der Waals surface area contributed by atoms with E-state index in [0.717, 1.165) is 4.90 Å². The number of aromatic nitrogens is 1. The number of aliphatic imine (C=N–C) groups is 1. The van der Waals surface area contributed by atoms with Gasteiger partial charge in [0.25, 0.3) is 0 Å². The summed E-state index contributed by atoms with van der Waals surface area (Å²) in [6.45, 7) is 3.32. The van der Waals surface area contributed by atoms with Crippen molar-refractivity contribution in [2.24, 2.45) is 4.99 Å². The lowest BCUT2D eigenvalue weighted by Crippen LogP contribution is -2.61. The van der Waals surface area contributed by atoms with Gasteiger partial charge in [-0.2, -0.15) is 26.3 Å². The first-order valence-corrected chi connectivity index (χ1v) is 13.0. The lowest BCUT2D eigenvalue weighted by atomic mass is 9.73. The van der Waals surface area contributed by atoms with Crippen molar-refractivity contribution in [3.05, 3.63) is 106 Å². The van der Waals surface area contributed by atoms with E-state index in [2.05, 4.69) is 9.98 Å². The zero-order valence-electron chi connectivity index (χ0n) is 23.6. The quantitative estimate of drug-likeness (QED) is 0.309. The Bertz CT molecular complexity index is 1550. The molecule has 2 atom stereocenters. The Balaban J connectivity index is 1.86. The highest BCUT2D eigenvalue weighted by Crippen LogP contribution is 2.43. The van der Waals surface area contributed by atoms with E-state index in [9.17, 15) is 40.6 Å². The van der Waals surface area contributed by atoms with Gasteiger partial charge in [0.15, 0.2) is 0 Å². The monoisotopic (exact) mass is 607 g/mol. The SMILES string of the molecule is Cc1cc(F)ccc1C1C=C(c2cccnc2)N=CC1(CO)N(C)C(=O)C(C)(C)c1cc(C(F)(F)F)cc(C(F)(F)F)c1. The van der Waals surface area contributed by atoms with Crippen molar-refractivity contribution in [3.63, 3.8) is 0 Å². The molecular formula is C31H28F7N3O2. The van der Waals surface area contributed by atoms with Crippen LogP contribution in [-0.4, -0.2) is 46.3 Å². The summed E-state index contributed by atoms with van der Waals surface area (Å²) in [7, 11) is 1.29. The van der Waals surface area contributed by atoms with E-state index in [-0.39, 0.29) is 6.07 Å². The maximum Gasteiger partial charge on any atom is 0.416 e. The average molecular weight is 608 g/mol. The molecule has 0 saturated heterocycles. The molecule has 5 nitrogen and oxygen atoms in total. The molecule has 1 aliphatic rings. The number of benzene rings is 2. The van der Waals surface area contributed by atoms with Crippen molar-refractivity contribution in [2.75, 3.05) is 13.7 Å². The maximum absolute atomic E-state index is 14.1. The smallest absolute Gasteiger partial charge is 0.393 e. The molecule has 1 aliphatic heterocycles. The Hall–Kier alpha value is -4.06. The molecule has 2 aromatic carbocycles. The number of alkyl halides is 6. The average Bonchev–Trinajstić information content (AvgIpc) is 2.95. The fourth-order valence-corrected chi connectivity index (χ4v) is 5.23. The molecule has 12 heteroatoms. The van der Waals surface area contributed by atoms with Gasteiger partial charge in [-0.05, 0) is 86.0 Å². The molecule has 0 aliphatic carbocycles. The second-order valence-corrected chi connectivity index (χ2v) is 11.0. The van der Waals surface area contributed by atoms with Crippen LogP contribution in [0.25, 0.3) is 5.70 Å². The summed E-state index contributed by atoms with van der Waals surface area (Å²) in [6, 6.07) is 8.42. The number of rotatable bonds is 6. The Morgan fingerprint density at radius 2 is 1.58 bits per heavy atom. The van der Waals surface area contributed by atoms with Gasteiger partial charge in [0.2, 0.25) is 5.91 Å². The van der Waals surface area contributed by atoms with Crippen LogP contribution in [0.4, 0.5) is 30.7 Å². The number of aliphatic hydroxyl groups excluding tert-OH is 1. The number of likely N-dealkylation sites (N-methyl/N-ethyl adjacent to an activating group) is 1. The number of hydrogen-bond acceptors (Lipinski definition) is 4. The number of carbonyl (C=O) groups is 1. The number of carbonyl (C=O) groups excluding carboxylic acids is 1. The van der Waals surface area contributed by atoms with E-state index in [1.165, 1.54) is 45.3 Å². The first-order chi connectivity index (χ1) is 19.9. The number of aryl methyl sites for hydroxylation is 1. The maximum atomic E-state index is 14.1. The third kappa shape index (κ3) is 6.06. The number of nitrogens with zero attached hydrogens (tertiary/aromatic N) is 3. The van der Waals surface area contributed by atoms with Crippen LogP contribution in [0, 0.1) is 12.7 Å². The Labute approximate surface area is 243 Å². The van der Waals surface area contributed by atoms with Crippen molar-refractivity contribution >= 4 is 17.8 Å². The molecular weight excluding hydrogens is 579 g/mol. The number of aliphatic hydroxyl groups is 1. The van der Waals surface area contributed by atoms with Gasteiger partial charge in [-0.25, -0.2) is 4.39 Å². The third-order valence-electron chi connectivity index (χ3n) is 7.84. The number of pyridine rings is 1. The molecule has 43 heavy (non-hydrogen) atoms. The van der Waals surface area contributed by atoms with Gasteiger partial charge in [0.1, 0.15) is 11.4 Å².